The Bertz CT molecular complexity index is 758. The van der Waals surface area contributed by atoms with Crippen LogP contribution in [-0.2, 0) is 4.79 Å². The minimum Gasteiger partial charge on any atom is -0.324 e. The second-order valence-corrected chi connectivity index (χ2v) is 6.47. The number of hydrogen-bond donors (Lipinski definition) is 1. The van der Waals surface area contributed by atoms with Gasteiger partial charge >= 0.3 is 0 Å². The number of amides is 1. The van der Waals surface area contributed by atoms with Crippen molar-refractivity contribution in [2.75, 3.05) is 5.32 Å². The van der Waals surface area contributed by atoms with Crippen molar-refractivity contribution in [2.24, 2.45) is 0 Å². The zero-order valence-electron chi connectivity index (χ0n) is 10.7. The first-order valence-electron chi connectivity index (χ1n) is 6.28. The van der Waals surface area contributed by atoms with Crippen LogP contribution in [0.15, 0.2) is 48.5 Å². The van der Waals surface area contributed by atoms with E-state index < -0.39 is 4.83 Å². The average Bonchev–Trinajstić information content (AvgIpc) is 2.58. The van der Waals surface area contributed by atoms with Crippen LogP contribution in [0.3, 0.4) is 0 Å². The molecule has 1 unspecified atom stereocenters. The number of carbonyl (C=O) groups is 1. The number of benzene rings is 2. The molecule has 0 saturated heterocycles. The zero-order valence-corrected chi connectivity index (χ0v) is 13.8. The van der Waals surface area contributed by atoms with Gasteiger partial charge in [0.25, 0.3) is 0 Å². The molecule has 21 heavy (non-hydrogen) atoms. The molecular weight excluding hydrogens is 373 g/mol. The van der Waals surface area contributed by atoms with Crippen LogP contribution in [-0.4, -0.2) is 10.7 Å². The van der Waals surface area contributed by atoms with Crippen LogP contribution < -0.4 is 5.32 Å². The van der Waals surface area contributed by atoms with Gasteiger partial charge < -0.3 is 5.32 Å². The Labute approximate surface area is 140 Å². The zero-order chi connectivity index (χ0) is 15.0. The lowest BCUT2D eigenvalue weighted by molar-refractivity contribution is -0.114. The van der Waals surface area contributed by atoms with E-state index >= 15 is 0 Å². The third kappa shape index (κ3) is 2.86. The van der Waals surface area contributed by atoms with Gasteiger partial charge in [-0.3, -0.25) is 4.79 Å². The summed E-state index contributed by atoms with van der Waals surface area (Å²) in [5.74, 6) is -0.124. The van der Waals surface area contributed by atoms with E-state index in [4.69, 9.17) is 23.2 Å². The Balaban J connectivity index is 2.27. The molecule has 0 aliphatic carbocycles. The van der Waals surface area contributed by atoms with Gasteiger partial charge in [-0.1, -0.05) is 63.4 Å². The first-order chi connectivity index (χ1) is 10.1. The lowest BCUT2D eigenvalue weighted by Gasteiger charge is -2.13. The second kappa shape index (κ2) is 5.84. The molecule has 0 saturated carbocycles. The SMILES string of the molecule is O=C1Nc2ccc(Cl)cc2C(c2ccccc2Cl)=CC1Br. The molecule has 5 heteroatoms. The van der Waals surface area contributed by atoms with Gasteiger partial charge in [-0.15, -0.1) is 0 Å². The first kappa shape index (κ1) is 14.6. The maximum Gasteiger partial charge on any atom is 0.242 e. The van der Waals surface area contributed by atoms with Crippen molar-refractivity contribution in [2.45, 2.75) is 4.83 Å². The highest BCUT2D eigenvalue weighted by atomic mass is 79.9. The molecule has 0 spiro atoms. The van der Waals surface area contributed by atoms with Crippen LogP contribution in [0.5, 0.6) is 0 Å². The first-order valence-corrected chi connectivity index (χ1v) is 7.95. The quantitative estimate of drug-likeness (QED) is 0.679. The summed E-state index contributed by atoms with van der Waals surface area (Å²) < 4.78 is 0. The molecule has 0 radical (unpaired) electrons. The van der Waals surface area contributed by atoms with Gasteiger partial charge in [0.1, 0.15) is 4.83 Å². The summed E-state index contributed by atoms with van der Waals surface area (Å²) in [6.07, 6.45) is 1.85. The Morgan fingerprint density at radius 1 is 1.05 bits per heavy atom. The van der Waals surface area contributed by atoms with Gasteiger partial charge in [-0.2, -0.15) is 0 Å². The maximum absolute atomic E-state index is 12.1. The van der Waals surface area contributed by atoms with E-state index in [0.717, 1.165) is 22.4 Å². The van der Waals surface area contributed by atoms with E-state index in [1.165, 1.54) is 0 Å². The summed E-state index contributed by atoms with van der Waals surface area (Å²) in [4.78, 5) is 11.6. The van der Waals surface area contributed by atoms with E-state index in [-0.39, 0.29) is 5.91 Å². The Morgan fingerprint density at radius 2 is 1.81 bits per heavy atom. The number of hydrogen-bond acceptors (Lipinski definition) is 1. The Hall–Kier alpha value is -1.29. The number of nitrogens with one attached hydrogen (secondary N) is 1. The van der Waals surface area contributed by atoms with Crippen molar-refractivity contribution in [1.82, 2.24) is 0 Å². The second-order valence-electron chi connectivity index (χ2n) is 4.64. The fraction of sp³-hybridized carbons (Fsp3) is 0.0625. The monoisotopic (exact) mass is 381 g/mol. The predicted octanol–water partition coefficient (Wildman–Crippen LogP) is 5.14. The summed E-state index contributed by atoms with van der Waals surface area (Å²) in [6, 6.07) is 12.9. The number of rotatable bonds is 1. The molecule has 1 heterocycles. The summed E-state index contributed by atoms with van der Waals surface area (Å²) in [7, 11) is 0. The molecule has 106 valence electrons. The fourth-order valence-corrected chi connectivity index (χ4v) is 3.06. The number of fused-ring (bicyclic) bond motifs is 1. The van der Waals surface area contributed by atoms with E-state index in [9.17, 15) is 4.79 Å². The summed E-state index contributed by atoms with van der Waals surface area (Å²) >= 11 is 15.8. The van der Waals surface area contributed by atoms with Crippen LogP contribution in [0, 0.1) is 0 Å². The Kier molecular flexibility index (Phi) is 4.07. The largest absolute Gasteiger partial charge is 0.324 e. The molecule has 1 aliphatic rings. The molecular formula is C16H10BrCl2NO. The van der Waals surface area contributed by atoms with Crippen LogP contribution in [0.1, 0.15) is 11.1 Å². The van der Waals surface area contributed by atoms with Gasteiger partial charge in [0.15, 0.2) is 0 Å². The molecule has 2 aromatic rings. The maximum atomic E-state index is 12.1. The molecule has 1 N–H and O–H groups in total. The average molecular weight is 383 g/mol. The lowest BCUT2D eigenvalue weighted by atomic mass is 9.96. The van der Waals surface area contributed by atoms with Crippen molar-refractivity contribution in [3.05, 3.63) is 69.7 Å². The highest BCUT2D eigenvalue weighted by molar-refractivity contribution is 9.10. The van der Waals surface area contributed by atoms with Crippen molar-refractivity contribution in [1.29, 1.82) is 0 Å². The third-order valence-electron chi connectivity index (χ3n) is 3.26. The molecule has 1 aliphatic heterocycles. The van der Waals surface area contributed by atoms with Gasteiger partial charge in [0.2, 0.25) is 5.91 Å². The predicted molar refractivity (Wildman–Crippen MR) is 91.3 cm³/mol. The Morgan fingerprint density at radius 3 is 2.57 bits per heavy atom. The van der Waals surface area contributed by atoms with Crippen molar-refractivity contribution < 1.29 is 4.79 Å². The fourth-order valence-electron chi connectivity index (χ4n) is 2.28. The van der Waals surface area contributed by atoms with Crippen molar-refractivity contribution >= 4 is 56.3 Å². The highest BCUT2D eigenvalue weighted by Crippen LogP contribution is 2.37. The molecule has 0 fully saturated rings. The van der Waals surface area contributed by atoms with Crippen molar-refractivity contribution in [3.8, 4) is 0 Å². The van der Waals surface area contributed by atoms with E-state index in [2.05, 4.69) is 21.2 Å². The number of carbonyl (C=O) groups excluding carboxylic acids is 1. The normalized spacial score (nSPS) is 17.6. The molecule has 0 aromatic heterocycles. The standard InChI is InChI=1S/C16H10BrCl2NO/c17-13-8-11(10-3-1-2-4-14(10)19)12-7-9(18)5-6-15(12)20-16(13)21/h1-8,13H,(H,20,21). The molecule has 2 aromatic carbocycles. The summed E-state index contributed by atoms with van der Waals surface area (Å²) in [5, 5.41) is 4.11. The van der Waals surface area contributed by atoms with Gasteiger partial charge in [-0.25, -0.2) is 0 Å². The van der Waals surface area contributed by atoms with Gasteiger partial charge in [0, 0.05) is 26.9 Å². The minimum absolute atomic E-state index is 0.124. The van der Waals surface area contributed by atoms with E-state index in [0.29, 0.717) is 10.0 Å². The molecule has 1 atom stereocenters. The van der Waals surface area contributed by atoms with E-state index in [1.807, 2.05) is 36.4 Å². The summed E-state index contributed by atoms with van der Waals surface area (Å²) in [5.41, 5.74) is 3.31. The molecule has 1 amide bonds. The van der Waals surface area contributed by atoms with Crippen LogP contribution >= 0.6 is 39.1 Å². The van der Waals surface area contributed by atoms with Crippen LogP contribution in [0.4, 0.5) is 5.69 Å². The number of anilines is 1. The number of halogens is 3. The van der Waals surface area contributed by atoms with E-state index in [1.54, 1.807) is 12.1 Å². The highest BCUT2D eigenvalue weighted by Gasteiger charge is 2.23. The topological polar surface area (TPSA) is 29.1 Å². The summed E-state index contributed by atoms with van der Waals surface area (Å²) in [6.45, 7) is 0. The van der Waals surface area contributed by atoms with Crippen molar-refractivity contribution in [3.63, 3.8) is 0 Å². The van der Waals surface area contributed by atoms with Gasteiger partial charge in [-0.05, 0) is 29.8 Å². The lowest BCUT2D eigenvalue weighted by Crippen LogP contribution is -2.19. The molecule has 2 nitrogen and oxygen atoms in total. The number of alkyl halides is 1. The third-order valence-corrected chi connectivity index (χ3v) is 4.50. The smallest absolute Gasteiger partial charge is 0.242 e. The molecule has 0 bridgehead atoms. The van der Waals surface area contributed by atoms with Crippen LogP contribution in [0.25, 0.3) is 5.57 Å². The molecule has 3 rings (SSSR count). The van der Waals surface area contributed by atoms with Gasteiger partial charge in [0.05, 0.1) is 0 Å². The van der Waals surface area contributed by atoms with Crippen LogP contribution in [0.2, 0.25) is 10.0 Å². The minimum atomic E-state index is -0.435.